The fourth-order valence-electron chi connectivity index (χ4n) is 2.96. The fraction of sp³-hybridized carbons (Fsp3) is 0.174. The van der Waals surface area contributed by atoms with Crippen LogP contribution in [0.1, 0.15) is 23.6 Å². The zero-order valence-corrected chi connectivity index (χ0v) is 20.5. The molecule has 0 aliphatic rings. The molecule has 0 fully saturated rings. The van der Waals surface area contributed by atoms with Crippen LogP contribution in [0, 0.1) is 30.7 Å². The molecule has 0 spiro atoms. The second-order valence-electron chi connectivity index (χ2n) is 7.12. The average Bonchev–Trinajstić information content (AvgIpc) is 2.80. The van der Waals surface area contributed by atoms with Gasteiger partial charge in [0, 0.05) is 6.07 Å². The molecule has 1 N–H and O–H groups in total. The Morgan fingerprint density at radius 2 is 1.76 bits per heavy atom. The van der Waals surface area contributed by atoms with Gasteiger partial charge in [-0.3, -0.25) is 25.7 Å². The number of nitrogens with one attached hydrogen (secondary N) is 1. The van der Waals surface area contributed by atoms with Gasteiger partial charge in [0.25, 0.3) is 5.69 Å². The lowest BCUT2D eigenvalue weighted by Crippen LogP contribution is -2.03. The summed E-state index contributed by atoms with van der Waals surface area (Å²) in [4.78, 5) is 20.7. The number of ether oxygens (including phenoxy) is 2. The molecular formula is C23H21IN4O6. The molecule has 3 aromatic carbocycles. The Balaban J connectivity index is 1.79. The predicted molar refractivity (Wildman–Crippen MR) is 137 cm³/mol. The number of nitro groups is 2. The summed E-state index contributed by atoms with van der Waals surface area (Å²) in [6.45, 7) is 4.71. The summed E-state index contributed by atoms with van der Waals surface area (Å²) in [7, 11) is 0. The molecule has 0 aliphatic carbocycles. The lowest BCUT2D eigenvalue weighted by molar-refractivity contribution is -0.393. The zero-order valence-electron chi connectivity index (χ0n) is 18.4. The maximum Gasteiger partial charge on any atom is 0.301 e. The molecule has 34 heavy (non-hydrogen) atoms. The Labute approximate surface area is 209 Å². The van der Waals surface area contributed by atoms with Crippen molar-refractivity contribution in [3.8, 4) is 11.5 Å². The number of anilines is 1. The summed E-state index contributed by atoms with van der Waals surface area (Å²) in [5.41, 5.74) is 4.66. The number of hydrogen-bond donors (Lipinski definition) is 1. The van der Waals surface area contributed by atoms with E-state index >= 15 is 0 Å². The highest BCUT2D eigenvalue weighted by Gasteiger charge is 2.19. The van der Waals surface area contributed by atoms with E-state index in [9.17, 15) is 20.2 Å². The first-order valence-corrected chi connectivity index (χ1v) is 11.2. The van der Waals surface area contributed by atoms with Crippen molar-refractivity contribution < 1.29 is 19.3 Å². The van der Waals surface area contributed by atoms with E-state index in [1.54, 1.807) is 6.07 Å². The Kier molecular flexibility index (Phi) is 8.35. The molecule has 0 saturated carbocycles. The number of benzene rings is 3. The molecule has 11 heteroatoms. The Hall–Kier alpha value is -3.74. The molecule has 3 rings (SSSR count). The lowest BCUT2D eigenvalue weighted by Gasteiger charge is -2.15. The van der Waals surface area contributed by atoms with E-state index in [1.165, 1.54) is 23.9 Å². The maximum atomic E-state index is 11.3. The Bertz CT molecular complexity index is 1230. The third-order valence-corrected chi connectivity index (χ3v) is 5.42. The molecule has 10 nitrogen and oxygen atoms in total. The van der Waals surface area contributed by atoms with Gasteiger partial charge >= 0.3 is 5.69 Å². The predicted octanol–water partition coefficient (Wildman–Crippen LogP) is 5.84. The van der Waals surface area contributed by atoms with Crippen LogP contribution in [-0.2, 0) is 6.61 Å². The topological polar surface area (TPSA) is 129 Å². The Morgan fingerprint density at radius 3 is 2.41 bits per heavy atom. The van der Waals surface area contributed by atoms with Gasteiger partial charge in [-0.15, -0.1) is 0 Å². The van der Waals surface area contributed by atoms with Gasteiger partial charge in [-0.1, -0.05) is 29.8 Å². The fourth-order valence-corrected chi connectivity index (χ4v) is 3.74. The summed E-state index contributed by atoms with van der Waals surface area (Å²) < 4.78 is 12.6. The summed E-state index contributed by atoms with van der Waals surface area (Å²) in [5.74, 6) is 1.16. The molecule has 0 aromatic heterocycles. The van der Waals surface area contributed by atoms with Crippen molar-refractivity contribution >= 4 is 45.9 Å². The van der Waals surface area contributed by atoms with Gasteiger partial charge in [0.2, 0.25) is 0 Å². The molecule has 0 bridgehead atoms. The molecular weight excluding hydrogens is 555 g/mol. The van der Waals surface area contributed by atoms with Crippen molar-refractivity contribution in [3.05, 3.63) is 95.1 Å². The second-order valence-corrected chi connectivity index (χ2v) is 8.29. The van der Waals surface area contributed by atoms with E-state index in [-0.39, 0.29) is 11.4 Å². The van der Waals surface area contributed by atoms with Crippen LogP contribution in [0.15, 0.2) is 59.7 Å². The van der Waals surface area contributed by atoms with E-state index < -0.39 is 15.5 Å². The minimum Gasteiger partial charge on any atom is -0.490 e. The van der Waals surface area contributed by atoms with Crippen LogP contribution in [0.5, 0.6) is 11.5 Å². The van der Waals surface area contributed by atoms with Gasteiger partial charge in [-0.05, 0) is 65.8 Å². The zero-order chi connectivity index (χ0) is 24.7. The SMILES string of the molecule is CCOc1cc(/C=N/Nc2ccc([N+](=O)[O-])cc2[N+](=O)[O-])cc(I)c1OCc1ccc(C)cc1. The molecule has 176 valence electrons. The third kappa shape index (κ3) is 6.41. The van der Waals surface area contributed by atoms with Gasteiger partial charge in [0.1, 0.15) is 12.3 Å². The number of rotatable bonds is 10. The smallest absolute Gasteiger partial charge is 0.301 e. The van der Waals surface area contributed by atoms with Crippen molar-refractivity contribution in [2.45, 2.75) is 20.5 Å². The molecule has 0 saturated heterocycles. The number of hydrazone groups is 1. The van der Waals surface area contributed by atoms with Crippen LogP contribution in [0.2, 0.25) is 0 Å². The summed E-state index contributed by atoms with van der Waals surface area (Å²) in [5, 5.41) is 26.2. The first-order valence-electron chi connectivity index (χ1n) is 10.1. The highest BCUT2D eigenvalue weighted by Crippen LogP contribution is 2.35. The monoisotopic (exact) mass is 576 g/mol. The third-order valence-electron chi connectivity index (χ3n) is 4.62. The average molecular weight is 576 g/mol. The van der Waals surface area contributed by atoms with Crippen LogP contribution in [0.3, 0.4) is 0 Å². The summed E-state index contributed by atoms with van der Waals surface area (Å²) in [6, 6.07) is 14.9. The Morgan fingerprint density at radius 1 is 1.03 bits per heavy atom. The summed E-state index contributed by atoms with van der Waals surface area (Å²) >= 11 is 2.15. The number of halogens is 1. The van der Waals surface area contributed by atoms with Crippen molar-refractivity contribution in [1.29, 1.82) is 0 Å². The first kappa shape index (κ1) is 24.9. The van der Waals surface area contributed by atoms with E-state index in [2.05, 4.69) is 33.1 Å². The number of aryl methyl sites for hydroxylation is 1. The minimum atomic E-state index is -0.707. The molecule has 0 amide bonds. The van der Waals surface area contributed by atoms with E-state index in [4.69, 9.17) is 9.47 Å². The summed E-state index contributed by atoms with van der Waals surface area (Å²) in [6.07, 6.45) is 1.47. The van der Waals surface area contributed by atoms with Crippen LogP contribution in [0.4, 0.5) is 17.1 Å². The number of hydrogen-bond acceptors (Lipinski definition) is 8. The minimum absolute atomic E-state index is 0.0321. The molecule has 0 heterocycles. The van der Waals surface area contributed by atoms with Gasteiger partial charge in [-0.25, -0.2) is 0 Å². The van der Waals surface area contributed by atoms with E-state index in [0.717, 1.165) is 15.2 Å². The molecule has 0 radical (unpaired) electrons. The number of nitro benzene ring substituents is 2. The largest absolute Gasteiger partial charge is 0.490 e. The highest BCUT2D eigenvalue weighted by atomic mass is 127. The molecule has 0 aliphatic heterocycles. The van der Waals surface area contributed by atoms with Crippen LogP contribution >= 0.6 is 22.6 Å². The maximum absolute atomic E-state index is 11.3. The second kappa shape index (κ2) is 11.4. The van der Waals surface area contributed by atoms with Crippen molar-refractivity contribution in [2.75, 3.05) is 12.0 Å². The van der Waals surface area contributed by atoms with Crippen molar-refractivity contribution in [2.24, 2.45) is 5.10 Å². The van der Waals surface area contributed by atoms with Crippen LogP contribution in [0.25, 0.3) is 0 Å². The normalized spacial score (nSPS) is 10.8. The quantitative estimate of drug-likeness (QED) is 0.139. The van der Waals surface area contributed by atoms with Crippen molar-refractivity contribution in [3.63, 3.8) is 0 Å². The van der Waals surface area contributed by atoms with Crippen molar-refractivity contribution in [1.82, 2.24) is 0 Å². The van der Waals surface area contributed by atoms with E-state index in [0.29, 0.717) is 30.3 Å². The standard InChI is InChI=1S/C23H21IN4O6/c1-3-33-22-11-17(10-19(24)23(22)34-14-16-6-4-15(2)5-7-16)13-25-26-20-9-8-18(27(29)30)12-21(20)28(31)32/h4-13,26H,3,14H2,1-2H3/b25-13+. The first-order chi connectivity index (χ1) is 16.3. The lowest BCUT2D eigenvalue weighted by atomic mass is 10.2. The number of nitrogens with zero attached hydrogens (tertiary/aromatic N) is 3. The molecule has 0 unspecified atom stereocenters. The van der Waals surface area contributed by atoms with Gasteiger partial charge < -0.3 is 9.47 Å². The van der Waals surface area contributed by atoms with Crippen LogP contribution in [-0.4, -0.2) is 22.7 Å². The van der Waals surface area contributed by atoms with Gasteiger partial charge in [-0.2, -0.15) is 5.10 Å². The molecule has 3 aromatic rings. The van der Waals surface area contributed by atoms with Gasteiger partial charge in [0.15, 0.2) is 11.5 Å². The van der Waals surface area contributed by atoms with E-state index in [1.807, 2.05) is 44.2 Å². The molecule has 0 atom stereocenters. The highest BCUT2D eigenvalue weighted by molar-refractivity contribution is 14.1. The number of non-ortho nitro benzene ring substituents is 1. The van der Waals surface area contributed by atoms with Gasteiger partial charge in [0.05, 0.1) is 32.3 Å². The van der Waals surface area contributed by atoms with Crippen LogP contribution < -0.4 is 14.9 Å².